The number of hydrogen-bond donors (Lipinski definition) is 1. The van der Waals surface area contributed by atoms with Gasteiger partial charge < -0.3 is 23.4 Å². The van der Waals surface area contributed by atoms with E-state index >= 15 is 0 Å². The summed E-state index contributed by atoms with van der Waals surface area (Å²) in [6, 6.07) is 22.5. The Labute approximate surface area is 306 Å². The lowest BCUT2D eigenvalue weighted by molar-refractivity contribution is -0.504. The highest BCUT2D eigenvalue weighted by Gasteiger charge is 2.35. The molecular formula is C43H59NO4P2. The second-order valence-corrected chi connectivity index (χ2v) is 18.4. The summed E-state index contributed by atoms with van der Waals surface area (Å²) in [5, 5.41) is 1.83. The van der Waals surface area contributed by atoms with Crippen molar-refractivity contribution in [3.63, 3.8) is 0 Å². The summed E-state index contributed by atoms with van der Waals surface area (Å²) in [5.41, 5.74) is 9.63. The Bertz CT molecular complexity index is 1770. The molecule has 50 heavy (non-hydrogen) atoms. The Morgan fingerprint density at radius 3 is 1.18 bits per heavy atom. The van der Waals surface area contributed by atoms with Gasteiger partial charge in [-0.1, -0.05) is 113 Å². The van der Waals surface area contributed by atoms with Crippen LogP contribution in [0.2, 0.25) is 0 Å². The Morgan fingerprint density at radius 1 is 0.480 bits per heavy atom. The number of benzene rings is 4. The molecule has 0 aliphatic rings. The lowest BCUT2D eigenvalue weighted by Crippen LogP contribution is -2.69. The first-order valence-electron chi connectivity index (χ1n) is 17.5. The highest BCUT2D eigenvalue weighted by Crippen LogP contribution is 2.54. The fourth-order valence-corrected chi connectivity index (χ4v) is 7.52. The minimum atomic E-state index is -0.260. The van der Waals surface area contributed by atoms with Crippen LogP contribution in [0.15, 0.2) is 66.7 Å². The van der Waals surface area contributed by atoms with Crippen molar-refractivity contribution >= 4 is 23.8 Å². The molecule has 4 rings (SSSR count). The van der Waals surface area contributed by atoms with Crippen LogP contribution < -0.4 is 23.4 Å². The van der Waals surface area contributed by atoms with Gasteiger partial charge in [-0.25, -0.2) is 0 Å². The SMILES string of the molecule is [CH2-][NH2+]c1ccc(OPOc2c(C(C)(C)C)cc(C(C)(C)C)c(C)c2-c2c(C)c(C(C)(C)C)cc(C(C)(C)C)c2OPOc2ccccc2)cc1. The number of para-hydroxylation sites is 1. The van der Waals surface area contributed by atoms with Crippen molar-refractivity contribution in [2.45, 2.75) is 119 Å². The maximum Gasteiger partial charge on any atom is 0.275 e. The van der Waals surface area contributed by atoms with Crippen molar-refractivity contribution in [2.75, 3.05) is 0 Å². The van der Waals surface area contributed by atoms with Crippen molar-refractivity contribution in [3.05, 3.63) is 107 Å². The average molecular weight is 716 g/mol. The van der Waals surface area contributed by atoms with E-state index in [1.807, 2.05) is 59.9 Å². The van der Waals surface area contributed by atoms with Gasteiger partial charge in [0.25, 0.3) is 18.1 Å². The third-order valence-corrected chi connectivity index (χ3v) is 10.2. The Kier molecular flexibility index (Phi) is 12.1. The van der Waals surface area contributed by atoms with Crippen LogP contribution in [0, 0.1) is 20.9 Å². The van der Waals surface area contributed by atoms with E-state index in [1.165, 1.54) is 22.3 Å². The largest absolute Gasteiger partial charge is 0.446 e. The molecule has 0 saturated heterocycles. The van der Waals surface area contributed by atoms with Gasteiger partial charge in [-0.15, -0.1) is 7.05 Å². The molecule has 2 unspecified atom stereocenters. The van der Waals surface area contributed by atoms with Crippen molar-refractivity contribution in [1.29, 1.82) is 0 Å². The summed E-state index contributed by atoms with van der Waals surface area (Å²) in [5.74, 6) is 3.19. The molecule has 0 aromatic heterocycles. The van der Waals surface area contributed by atoms with Crippen molar-refractivity contribution < 1.29 is 23.4 Å². The summed E-state index contributed by atoms with van der Waals surface area (Å²) in [6.45, 7) is 31.7. The quantitative estimate of drug-likeness (QED) is 0.101. The second kappa shape index (κ2) is 15.2. The summed E-state index contributed by atoms with van der Waals surface area (Å²) < 4.78 is 26.2. The predicted octanol–water partition coefficient (Wildman–Crippen LogP) is 12.1. The van der Waals surface area contributed by atoms with Gasteiger partial charge in [0, 0.05) is 34.4 Å². The van der Waals surface area contributed by atoms with E-state index in [0.29, 0.717) is 0 Å². The summed E-state index contributed by atoms with van der Waals surface area (Å²) in [6.07, 6.45) is 0. The molecule has 0 bridgehead atoms. The van der Waals surface area contributed by atoms with Gasteiger partial charge in [0.05, 0.1) is 0 Å². The molecule has 0 radical (unpaired) electrons. The van der Waals surface area contributed by atoms with Crippen LogP contribution in [0.1, 0.15) is 116 Å². The molecule has 0 fully saturated rings. The molecule has 0 saturated carbocycles. The minimum Gasteiger partial charge on any atom is -0.446 e. The molecule has 7 heteroatoms. The first-order valence-corrected chi connectivity index (χ1v) is 19.1. The van der Waals surface area contributed by atoms with E-state index in [2.05, 4.69) is 116 Å². The Balaban J connectivity index is 2.07. The smallest absolute Gasteiger partial charge is 0.275 e. The van der Waals surface area contributed by atoms with Crippen LogP contribution in [0.5, 0.6) is 23.0 Å². The van der Waals surface area contributed by atoms with Crippen molar-refractivity contribution in [2.24, 2.45) is 0 Å². The zero-order valence-electron chi connectivity index (χ0n) is 32.8. The lowest BCUT2D eigenvalue weighted by Gasteiger charge is -2.35. The van der Waals surface area contributed by atoms with E-state index < -0.39 is 0 Å². The number of rotatable bonds is 10. The molecular weight excluding hydrogens is 656 g/mol. The van der Waals surface area contributed by atoms with E-state index in [1.54, 1.807) is 0 Å². The fourth-order valence-electron chi connectivity index (χ4n) is 6.38. The summed E-state index contributed by atoms with van der Waals surface area (Å²) in [7, 11) is 3.37. The Hall–Kier alpha value is -3.10. The maximum atomic E-state index is 6.89. The first-order chi connectivity index (χ1) is 23.1. The van der Waals surface area contributed by atoms with Gasteiger partial charge in [0.15, 0.2) is 0 Å². The first kappa shape index (κ1) is 39.7. The monoisotopic (exact) mass is 715 g/mol. The number of quaternary nitrogens is 1. The number of nitrogens with two attached hydrogens (primary N) is 1. The van der Waals surface area contributed by atoms with Gasteiger partial charge in [0.2, 0.25) is 0 Å². The van der Waals surface area contributed by atoms with Gasteiger partial charge in [0.1, 0.15) is 28.7 Å². The third-order valence-electron chi connectivity index (χ3n) is 9.03. The number of hydrogen-bond acceptors (Lipinski definition) is 4. The molecule has 4 aromatic rings. The molecule has 0 heterocycles. The average Bonchev–Trinajstić information content (AvgIpc) is 3.00. The van der Waals surface area contributed by atoms with Gasteiger partial charge in [-0.05, 0) is 82.0 Å². The molecule has 0 spiro atoms. The van der Waals surface area contributed by atoms with Crippen LogP contribution in [-0.4, -0.2) is 0 Å². The highest BCUT2D eigenvalue weighted by molar-refractivity contribution is 7.27. The molecule has 2 atom stereocenters. The van der Waals surface area contributed by atoms with Crippen LogP contribution in [0.3, 0.4) is 0 Å². The second-order valence-electron chi connectivity index (χ2n) is 17.3. The van der Waals surface area contributed by atoms with Crippen molar-refractivity contribution in [3.8, 4) is 34.1 Å². The van der Waals surface area contributed by atoms with E-state index in [-0.39, 0.29) is 39.7 Å². The van der Waals surface area contributed by atoms with Crippen LogP contribution >= 0.6 is 18.1 Å². The standard InChI is InChI=1S/C43H59NO4P2/c1-27-32(40(3,4)5)25-34(42(9,10)11)38(47-49-45-30-19-17-16-18-20-30)36(27)37-28(2)33(41(6,7)8)26-35(43(12,13)14)39(37)48-50-46-31-23-21-29(44-15)22-24-31/h16-26,49-50H,15,44H2,1-14H3. The molecule has 0 amide bonds. The molecule has 270 valence electrons. The van der Waals surface area contributed by atoms with Gasteiger partial charge in [-0.3, -0.25) is 0 Å². The van der Waals surface area contributed by atoms with E-state index in [0.717, 1.165) is 50.9 Å². The third kappa shape index (κ3) is 9.22. The van der Waals surface area contributed by atoms with E-state index in [4.69, 9.17) is 18.1 Å². The molecule has 5 nitrogen and oxygen atoms in total. The summed E-state index contributed by atoms with van der Waals surface area (Å²) in [4.78, 5) is 0. The Morgan fingerprint density at radius 2 is 0.840 bits per heavy atom. The normalized spacial score (nSPS) is 13.0. The minimum absolute atomic E-state index is 0.119. The summed E-state index contributed by atoms with van der Waals surface area (Å²) >= 11 is 0. The zero-order valence-corrected chi connectivity index (χ0v) is 34.8. The molecule has 2 N–H and O–H groups in total. The lowest BCUT2D eigenvalue weighted by atomic mass is 9.72. The fraction of sp³-hybridized carbons (Fsp3) is 0.419. The molecule has 0 aliphatic carbocycles. The highest BCUT2D eigenvalue weighted by atomic mass is 31.1. The zero-order chi connectivity index (χ0) is 37.2. The van der Waals surface area contributed by atoms with Gasteiger partial charge >= 0.3 is 0 Å². The van der Waals surface area contributed by atoms with Crippen LogP contribution in [-0.2, 0) is 21.7 Å². The van der Waals surface area contributed by atoms with Crippen LogP contribution in [0.4, 0.5) is 5.69 Å². The van der Waals surface area contributed by atoms with Gasteiger partial charge in [-0.2, -0.15) is 0 Å². The van der Waals surface area contributed by atoms with E-state index in [9.17, 15) is 0 Å². The molecule has 4 aromatic carbocycles. The topological polar surface area (TPSA) is 53.5 Å². The maximum absolute atomic E-state index is 6.89. The van der Waals surface area contributed by atoms with Crippen LogP contribution in [0.25, 0.3) is 11.1 Å². The molecule has 0 aliphatic heterocycles. The van der Waals surface area contributed by atoms with Crippen molar-refractivity contribution in [1.82, 2.24) is 0 Å². The predicted molar refractivity (Wildman–Crippen MR) is 215 cm³/mol.